The van der Waals surface area contributed by atoms with Gasteiger partial charge in [-0.1, -0.05) is 6.07 Å². The average molecular weight is 259 g/mol. The molecule has 2 aliphatic carbocycles. The van der Waals surface area contributed by atoms with E-state index in [1.165, 1.54) is 11.1 Å². The molecule has 1 aliphatic heterocycles. The highest BCUT2D eigenvalue weighted by Crippen LogP contribution is 2.54. The van der Waals surface area contributed by atoms with Crippen LogP contribution in [0.15, 0.2) is 18.2 Å². The zero-order chi connectivity index (χ0) is 13.0. The van der Waals surface area contributed by atoms with E-state index in [1.807, 2.05) is 6.07 Å². The summed E-state index contributed by atoms with van der Waals surface area (Å²) in [6.07, 6.45) is 4.88. The van der Waals surface area contributed by atoms with Crippen molar-refractivity contribution < 1.29 is 10.2 Å². The number of aliphatic hydroxyl groups is 1. The molecule has 1 saturated carbocycles. The molecular weight excluding hydrogens is 238 g/mol. The molecule has 3 N–H and O–H groups in total. The van der Waals surface area contributed by atoms with E-state index in [4.69, 9.17) is 0 Å². The van der Waals surface area contributed by atoms with Gasteiger partial charge in [-0.05, 0) is 67.8 Å². The van der Waals surface area contributed by atoms with Crippen LogP contribution in [-0.2, 0) is 11.8 Å². The summed E-state index contributed by atoms with van der Waals surface area (Å²) in [7, 11) is 0. The van der Waals surface area contributed by atoms with E-state index < -0.39 is 0 Å². The summed E-state index contributed by atoms with van der Waals surface area (Å²) < 4.78 is 0. The van der Waals surface area contributed by atoms with Crippen LogP contribution < -0.4 is 5.32 Å². The largest absolute Gasteiger partial charge is 0.508 e. The molecule has 1 unspecified atom stereocenters. The van der Waals surface area contributed by atoms with Gasteiger partial charge in [-0.3, -0.25) is 0 Å². The molecular formula is C16H21NO2. The molecule has 3 aliphatic rings. The third-order valence-electron chi connectivity index (χ3n) is 5.65. The second kappa shape index (κ2) is 3.97. The highest BCUT2D eigenvalue weighted by Gasteiger charge is 2.53. The van der Waals surface area contributed by atoms with Crippen LogP contribution in [0, 0.1) is 5.92 Å². The Morgan fingerprint density at radius 3 is 3.05 bits per heavy atom. The van der Waals surface area contributed by atoms with Gasteiger partial charge in [-0.25, -0.2) is 0 Å². The minimum absolute atomic E-state index is 0.0971. The molecule has 2 fully saturated rings. The first kappa shape index (κ1) is 11.7. The van der Waals surface area contributed by atoms with Gasteiger partial charge in [0, 0.05) is 11.5 Å². The fourth-order valence-corrected chi connectivity index (χ4v) is 4.92. The lowest BCUT2D eigenvalue weighted by Gasteiger charge is -2.56. The Bertz CT molecular complexity index is 515. The SMILES string of the molecule is Oc1ccc2c(c1)[C@]13CCN[C@H](C2)[C@@H]1CCC(O)C3. The van der Waals surface area contributed by atoms with Crippen LogP contribution in [0.2, 0.25) is 0 Å². The van der Waals surface area contributed by atoms with E-state index in [9.17, 15) is 10.2 Å². The molecule has 2 bridgehead atoms. The number of benzene rings is 1. The van der Waals surface area contributed by atoms with Gasteiger partial charge >= 0.3 is 0 Å². The van der Waals surface area contributed by atoms with Gasteiger partial charge in [0.25, 0.3) is 0 Å². The predicted molar refractivity (Wildman–Crippen MR) is 73.2 cm³/mol. The van der Waals surface area contributed by atoms with Gasteiger partial charge < -0.3 is 15.5 Å². The fourth-order valence-electron chi connectivity index (χ4n) is 4.92. The summed E-state index contributed by atoms with van der Waals surface area (Å²) in [6.45, 7) is 1.03. The summed E-state index contributed by atoms with van der Waals surface area (Å²) in [5, 5.41) is 23.7. The molecule has 3 heteroatoms. The Balaban J connectivity index is 1.90. The predicted octanol–water partition coefficient (Wildman–Crippen LogP) is 1.71. The third-order valence-corrected chi connectivity index (χ3v) is 5.65. The number of rotatable bonds is 0. The summed E-state index contributed by atoms with van der Waals surface area (Å²) in [6, 6.07) is 6.38. The molecule has 4 rings (SSSR count). The maximum Gasteiger partial charge on any atom is 0.115 e. The number of piperidine rings is 1. The molecule has 1 heterocycles. The number of hydrogen-bond acceptors (Lipinski definition) is 3. The summed E-state index contributed by atoms with van der Waals surface area (Å²) in [4.78, 5) is 0. The molecule has 102 valence electrons. The Hall–Kier alpha value is -1.06. The molecule has 1 aromatic carbocycles. The zero-order valence-corrected chi connectivity index (χ0v) is 11.1. The molecule has 0 amide bonds. The van der Waals surface area contributed by atoms with Crippen molar-refractivity contribution in [2.24, 2.45) is 5.92 Å². The third kappa shape index (κ3) is 1.58. The lowest BCUT2D eigenvalue weighted by Crippen LogP contribution is -2.61. The van der Waals surface area contributed by atoms with Gasteiger partial charge in [-0.15, -0.1) is 0 Å². The van der Waals surface area contributed by atoms with E-state index in [1.54, 1.807) is 6.07 Å². The highest BCUT2D eigenvalue weighted by molar-refractivity contribution is 5.45. The number of aliphatic hydroxyl groups excluding tert-OH is 1. The van der Waals surface area contributed by atoms with Crippen LogP contribution in [0.1, 0.15) is 36.8 Å². The molecule has 0 radical (unpaired) electrons. The van der Waals surface area contributed by atoms with Crippen molar-refractivity contribution in [3.63, 3.8) is 0 Å². The molecule has 0 aromatic heterocycles. The Morgan fingerprint density at radius 2 is 2.16 bits per heavy atom. The molecule has 1 aromatic rings. The van der Waals surface area contributed by atoms with Crippen LogP contribution in [0.25, 0.3) is 0 Å². The summed E-state index contributed by atoms with van der Waals surface area (Å²) in [5.41, 5.74) is 2.77. The minimum atomic E-state index is -0.178. The lowest BCUT2D eigenvalue weighted by atomic mass is 9.52. The number of phenolic OH excluding ortho intramolecular Hbond substituents is 1. The monoisotopic (exact) mass is 259 g/mol. The van der Waals surface area contributed by atoms with E-state index >= 15 is 0 Å². The van der Waals surface area contributed by atoms with E-state index in [0.29, 0.717) is 17.7 Å². The van der Waals surface area contributed by atoms with Crippen LogP contribution in [0.3, 0.4) is 0 Å². The lowest BCUT2D eigenvalue weighted by molar-refractivity contribution is 0.00369. The minimum Gasteiger partial charge on any atom is -0.508 e. The van der Waals surface area contributed by atoms with Crippen molar-refractivity contribution in [1.29, 1.82) is 0 Å². The van der Waals surface area contributed by atoms with Gasteiger partial charge in [0.2, 0.25) is 0 Å². The van der Waals surface area contributed by atoms with Crippen molar-refractivity contribution in [1.82, 2.24) is 5.32 Å². The number of phenols is 1. The van der Waals surface area contributed by atoms with E-state index in [0.717, 1.165) is 38.6 Å². The number of nitrogens with one attached hydrogen (secondary N) is 1. The average Bonchev–Trinajstić information content (AvgIpc) is 2.39. The molecule has 19 heavy (non-hydrogen) atoms. The summed E-state index contributed by atoms with van der Waals surface area (Å²) >= 11 is 0. The topological polar surface area (TPSA) is 52.5 Å². The number of aromatic hydroxyl groups is 1. The quantitative estimate of drug-likeness (QED) is 0.665. The van der Waals surface area contributed by atoms with Crippen LogP contribution in [0.4, 0.5) is 0 Å². The summed E-state index contributed by atoms with van der Waals surface area (Å²) in [5.74, 6) is 0.989. The van der Waals surface area contributed by atoms with Gasteiger partial charge in [0.1, 0.15) is 5.75 Å². The molecule has 1 saturated heterocycles. The molecule has 4 atom stereocenters. The first-order valence-electron chi connectivity index (χ1n) is 7.43. The fraction of sp³-hybridized carbons (Fsp3) is 0.625. The van der Waals surface area contributed by atoms with E-state index in [2.05, 4.69) is 11.4 Å². The normalized spacial score (nSPS) is 40.4. The Labute approximate surface area is 113 Å². The highest BCUT2D eigenvalue weighted by atomic mass is 16.3. The van der Waals surface area contributed by atoms with Crippen LogP contribution in [-0.4, -0.2) is 28.9 Å². The smallest absolute Gasteiger partial charge is 0.115 e. The van der Waals surface area contributed by atoms with Crippen molar-refractivity contribution in [3.05, 3.63) is 29.3 Å². The van der Waals surface area contributed by atoms with Crippen LogP contribution >= 0.6 is 0 Å². The van der Waals surface area contributed by atoms with Gasteiger partial charge in [0.15, 0.2) is 0 Å². The first-order valence-corrected chi connectivity index (χ1v) is 7.43. The number of fused-ring (bicyclic) bond motifs is 1. The van der Waals surface area contributed by atoms with Crippen molar-refractivity contribution in [3.8, 4) is 5.75 Å². The van der Waals surface area contributed by atoms with Gasteiger partial charge in [0.05, 0.1) is 6.10 Å². The van der Waals surface area contributed by atoms with Crippen molar-refractivity contribution in [2.75, 3.05) is 6.54 Å². The first-order chi connectivity index (χ1) is 9.19. The Morgan fingerprint density at radius 1 is 1.26 bits per heavy atom. The van der Waals surface area contributed by atoms with E-state index in [-0.39, 0.29) is 11.5 Å². The molecule has 3 nitrogen and oxygen atoms in total. The molecule has 0 spiro atoms. The van der Waals surface area contributed by atoms with Gasteiger partial charge in [-0.2, -0.15) is 0 Å². The maximum atomic E-state index is 10.2. The zero-order valence-electron chi connectivity index (χ0n) is 11.1. The van der Waals surface area contributed by atoms with Crippen molar-refractivity contribution >= 4 is 0 Å². The maximum absolute atomic E-state index is 10.2. The van der Waals surface area contributed by atoms with Crippen LogP contribution in [0.5, 0.6) is 5.75 Å². The standard InChI is InChI=1S/C16H21NO2/c18-11-2-1-10-7-15-13-4-3-12(19)9-16(13,5-6-17-15)14(10)8-11/h1-2,8,12-13,15,17-19H,3-7,9H2/t12?,13-,15+,16-/m0/s1. The Kier molecular flexibility index (Phi) is 2.45. The number of hydrogen-bond donors (Lipinski definition) is 3. The second-order valence-corrected chi connectivity index (χ2v) is 6.55. The second-order valence-electron chi connectivity index (χ2n) is 6.55. The van der Waals surface area contributed by atoms with Crippen molar-refractivity contribution in [2.45, 2.75) is 49.7 Å².